The molecule has 2 heterocycles. The van der Waals surface area contributed by atoms with E-state index in [-0.39, 0.29) is 35.8 Å². The maximum atomic E-state index is 12.0. The number of carbonyl (C=O) groups is 1. The number of aromatic nitrogens is 2. The summed E-state index contributed by atoms with van der Waals surface area (Å²) in [4.78, 5) is 35.1. The van der Waals surface area contributed by atoms with E-state index in [0.717, 1.165) is 30.5 Å². The molecule has 1 aliphatic rings. The number of amides is 1. The van der Waals surface area contributed by atoms with Gasteiger partial charge >= 0.3 is 5.69 Å². The molecule has 1 amide bonds. The Morgan fingerprint density at radius 1 is 1.36 bits per heavy atom. The van der Waals surface area contributed by atoms with Crippen LogP contribution in [0.5, 0.6) is 0 Å². The van der Waals surface area contributed by atoms with E-state index in [2.05, 4.69) is 17.6 Å². The van der Waals surface area contributed by atoms with Gasteiger partial charge in [0.2, 0.25) is 5.91 Å². The minimum absolute atomic E-state index is 0. The van der Waals surface area contributed by atoms with Crippen LogP contribution in [-0.2, 0) is 18.4 Å². The van der Waals surface area contributed by atoms with E-state index in [1.54, 1.807) is 0 Å². The average Bonchev–Trinajstić information content (AvgIpc) is 2.47. The molecule has 22 heavy (non-hydrogen) atoms. The van der Waals surface area contributed by atoms with Gasteiger partial charge in [0.1, 0.15) is 6.54 Å². The summed E-state index contributed by atoms with van der Waals surface area (Å²) in [6, 6.07) is 1.28. The zero-order chi connectivity index (χ0) is 15.5. The Balaban J connectivity index is 0.00000242. The Bertz CT molecular complexity index is 632. The molecule has 0 spiro atoms. The van der Waals surface area contributed by atoms with Gasteiger partial charge in [0.25, 0.3) is 5.56 Å². The van der Waals surface area contributed by atoms with Crippen LogP contribution in [-0.4, -0.2) is 34.7 Å². The number of halogens is 1. The Morgan fingerprint density at radius 3 is 2.64 bits per heavy atom. The number of rotatable bonds is 4. The first-order valence-corrected chi connectivity index (χ1v) is 7.15. The second-order valence-electron chi connectivity index (χ2n) is 5.96. The van der Waals surface area contributed by atoms with Crippen LogP contribution in [0.4, 0.5) is 0 Å². The van der Waals surface area contributed by atoms with Crippen molar-refractivity contribution in [2.24, 2.45) is 12.5 Å². The standard InChI is InChI=1S/C14H22N4O3.ClH/c1-14(4-6-15-7-5-14)10-16-11(19)9-18-8-3-12(20)17(2)13(18)21;/h3,8,15H,4-7,9-10H2,1-2H3,(H,16,19);1H. The van der Waals surface area contributed by atoms with Crippen molar-refractivity contribution >= 4 is 18.3 Å². The van der Waals surface area contributed by atoms with Gasteiger partial charge in [0, 0.05) is 25.9 Å². The molecule has 0 bridgehead atoms. The first-order valence-electron chi connectivity index (χ1n) is 7.15. The van der Waals surface area contributed by atoms with Gasteiger partial charge in [-0.25, -0.2) is 4.79 Å². The molecule has 1 aromatic rings. The molecule has 2 N–H and O–H groups in total. The van der Waals surface area contributed by atoms with Crippen LogP contribution in [0.2, 0.25) is 0 Å². The predicted octanol–water partition coefficient (Wildman–Crippen LogP) is -0.525. The fraction of sp³-hybridized carbons (Fsp3) is 0.643. The van der Waals surface area contributed by atoms with Crippen LogP contribution in [0.15, 0.2) is 21.9 Å². The average molecular weight is 331 g/mol. The van der Waals surface area contributed by atoms with Crippen LogP contribution in [0.25, 0.3) is 0 Å². The fourth-order valence-electron chi connectivity index (χ4n) is 2.47. The van der Waals surface area contributed by atoms with Gasteiger partial charge in [-0.3, -0.25) is 18.7 Å². The molecular weight excluding hydrogens is 308 g/mol. The van der Waals surface area contributed by atoms with Crippen molar-refractivity contribution in [3.8, 4) is 0 Å². The lowest BCUT2D eigenvalue weighted by molar-refractivity contribution is -0.122. The van der Waals surface area contributed by atoms with Gasteiger partial charge in [0.15, 0.2) is 0 Å². The Labute approximate surface area is 135 Å². The van der Waals surface area contributed by atoms with E-state index in [4.69, 9.17) is 0 Å². The Kier molecular flexibility index (Phi) is 6.37. The van der Waals surface area contributed by atoms with Gasteiger partial charge in [0.05, 0.1) is 0 Å². The summed E-state index contributed by atoms with van der Waals surface area (Å²) >= 11 is 0. The van der Waals surface area contributed by atoms with Crippen molar-refractivity contribution in [3.63, 3.8) is 0 Å². The molecule has 1 fully saturated rings. The smallest absolute Gasteiger partial charge is 0.331 e. The SMILES string of the molecule is Cl.Cn1c(=O)ccn(CC(=O)NCC2(C)CCNCC2)c1=O. The van der Waals surface area contributed by atoms with Crippen molar-refractivity contribution in [3.05, 3.63) is 33.1 Å². The summed E-state index contributed by atoms with van der Waals surface area (Å²) in [5, 5.41) is 6.18. The molecule has 0 radical (unpaired) electrons. The third-order valence-corrected chi connectivity index (χ3v) is 4.10. The second-order valence-corrected chi connectivity index (χ2v) is 5.96. The molecule has 7 nitrogen and oxygen atoms in total. The highest BCUT2D eigenvalue weighted by molar-refractivity contribution is 5.85. The van der Waals surface area contributed by atoms with E-state index in [9.17, 15) is 14.4 Å². The third-order valence-electron chi connectivity index (χ3n) is 4.10. The largest absolute Gasteiger partial charge is 0.354 e. The molecule has 0 aromatic carbocycles. The molecule has 2 rings (SSSR count). The number of nitrogens with zero attached hydrogens (tertiary/aromatic N) is 2. The van der Waals surface area contributed by atoms with Crippen LogP contribution >= 0.6 is 12.4 Å². The summed E-state index contributed by atoms with van der Waals surface area (Å²) in [5.41, 5.74) is -0.750. The van der Waals surface area contributed by atoms with E-state index >= 15 is 0 Å². The van der Waals surface area contributed by atoms with Crippen molar-refractivity contribution < 1.29 is 4.79 Å². The lowest BCUT2D eigenvalue weighted by Gasteiger charge is -2.34. The van der Waals surface area contributed by atoms with Crippen LogP contribution < -0.4 is 21.9 Å². The molecule has 1 aromatic heterocycles. The number of nitrogens with one attached hydrogen (secondary N) is 2. The Morgan fingerprint density at radius 2 is 2.00 bits per heavy atom. The fourth-order valence-corrected chi connectivity index (χ4v) is 2.47. The van der Waals surface area contributed by atoms with Gasteiger partial charge < -0.3 is 10.6 Å². The summed E-state index contributed by atoms with van der Waals surface area (Å²) in [7, 11) is 1.40. The molecule has 0 saturated carbocycles. The maximum Gasteiger partial charge on any atom is 0.331 e. The molecule has 0 aliphatic carbocycles. The zero-order valence-corrected chi connectivity index (χ0v) is 13.7. The van der Waals surface area contributed by atoms with E-state index in [0.29, 0.717) is 6.54 Å². The molecule has 0 unspecified atom stereocenters. The summed E-state index contributed by atoms with van der Waals surface area (Å²) < 4.78 is 2.23. The highest BCUT2D eigenvalue weighted by atomic mass is 35.5. The minimum atomic E-state index is -0.481. The monoisotopic (exact) mass is 330 g/mol. The molecule has 0 atom stereocenters. The summed E-state index contributed by atoms with van der Waals surface area (Å²) in [5.74, 6) is -0.212. The predicted molar refractivity (Wildman–Crippen MR) is 86.4 cm³/mol. The first kappa shape index (κ1) is 18.4. The van der Waals surface area contributed by atoms with Crippen molar-refractivity contribution in [2.75, 3.05) is 19.6 Å². The molecule has 1 saturated heterocycles. The van der Waals surface area contributed by atoms with E-state index in [1.165, 1.54) is 23.9 Å². The quantitative estimate of drug-likeness (QED) is 0.777. The minimum Gasteiger partial charge on any atom is -0.354 e. The van der Waals surface area contributed by atoms with Gasteiger partial charge in [-0.05, 0) is 31.3 Å². The summed E-state index contributed by atoms with van der Waals surface area (Å²) in [6.07, 6.45) is 3.40. The zero-order valence-electron chi connectivity index (χ0n) is 12.9. The maximum absolute atomic E-state index is 12.0. The second kappa shape index (κ2) is 7.60. The van der Waals surface area contributed by atoms with Crippen molar-refractivity contribution in [1.29, 1.82) is 0 Å². The highest BCUT2D eigenvalue weighted by Gasteiger charge is 2.26. The topological polar surface area (TPSA) is 85.1 Å². The number of hydrogen-bond acceptors (Lipinski definition) is 4. The lowest BCUT2D eigenvalue weighted by Crippen LogP contribution is -2.45. The van der Waals surface area contributed by atoms with Crippen LogP contribution in [0.1, 0.15) is 19.8 Å². The highest BCUT2D eigenvalue weighted by Crippen LogP contribution is 2.26. The molecule has 124 valence electrons. The molecular formula is C14H23ClN4O3. The normalized spacial score (nSPS) is 16.6. The Hall–Kier alpha value is -1.60. The third kappa shape index (κ3) is 4.45. The summed E-state index contributed by atoms with van der Waals surface area (Å²) in [6.45, 7) is 4.63. The molecule has 8 heteroatoms. The first-order chi connectivity index (χ1) is 9.91. The lowest BCUT2D eigenvalue weighted by atomic mass is 9.81. The van der Waals surface area contributed by atoms with Gasteiger partial charge in [-0.2, -0.15) is 0 Å². The van der Waals surface area contributed by atoms with Crippen molar-refractivity contribution in [1.82, 2.24) is 19.8 Å². The number of hydrogen-bond donors (Lipinski definition) is 2. The number of carbonyl (C=O) groups excluding carboxylic acids is 1. The van der Waals surface area contributed by atoms with E-state index < -0.39 is 5.69 Å². The van der Waals surface area contributed by atoms with E-state index in [1.807, 2.05) is 0 Å². The van der Waals surface area contributed by atoms with Gasteiger partial charge in [-0.15, -0.1) is 12.4 Å². The molecule has 1 aliphatic heterocycles. The van der Waals surface area contributed by atoms with Gasteiger partial charge in [-0.1, -0.05) is 6.92 Å². The van der Waals surface area contributed by atoms with Crippen LogP contribution in [0.3, 0.4) is 0 Å². The van der Waals surface area contributed by atoms with Crippen molar-refractivity contribution in [2.45, 2.75) is 26.3 Å². The number of piperidine rings is 1. The van der Waals surface area contributed by atoms with Crippen LogP contribution in [0, 0.1) is 5.41 Å².